The fourth-order valence-corrected chi connectivity index (χ4v) is 1.82. The van der Waals surface area contributed by atoms with Gasteiger partial charge in [0.25, 0.3) is 5.91 Å². The lowest BCUT2D eigenvalue weighted by Gasteiger charge is -2.19. The molecule has 19 heavy (non-hydrogen) atoms. The van der Waals surface area contributed by atoms with Gasteiger partial charge in [0.15, 0.2) is 0 Å². The largest absolute Gasteiger partial charge is 0.481 e. The van der Waals surface area contributed by atoms with E-state index in [4.69, 9.17) is 5.11 Å². The van der Waals surface area contributed by atoms with E-state index >= 15 is 0 Å². The highest BCUT2D eigenvalue weighted by Crippen LogP contribution is 2.10. The Morgan fingerprint density at radius 3 is 2.58 bits per heavy atom. The molecule has 0 spiro atoms. The Bertz CT molecular complexity index is 468. The molecule has 6 heteroatoms. The molecule has 1 rings (SSSR count). The molecule has 0 fully saturated rings. The number of aromatic nitrogens is 2. The summed E-state index contributed by atoms with van der Waals surface area (Å²) in [4.78, 5) is 24.5. The number of hydrogen-bond donors (Lipinski definition) is 1. The smallest absolute Gasteiger partial charge is 0.308 e. The maximum absolute atomic E-state index is 12.3. The monoisotopic (exact) mass is 267 g/mol. The molecule has 0 aliphatic carbocycles. The highest BCUT2D eigenvalue weighted by atomic mass is 16.4. The van der Waals surface area contributed by atoms with Crippen LogP contribution in [0.2, 0.25) is 0 Å². The number of nitrogens with zero attached hydrogens (tertiary/aromatic N) is 3. The molecule has 1 amide bonds. The summed E-state index contributed by atoms with van der Waals surface area (Å²) in [6.45, 7) is 6.28. The number of carbonyl (C=O) groups is 2. The Balaban J connectivity index is 2.87. The van der Waals surface area contributed by atoms with E-state index in [1.54, 1.807) is 24.7 Å². The van der Waals surface area contributed by atoms with Crippen LogP contribution >= 0.6 is 0 Å². The number of carbonyl (C=O) groups excluding carboxylic acids is 1. The highest BCUT2D eigenvalue weighted by molar-refractivity contribution is 5.92. The lowest BCUT2D eigenvalue weighted by Crippen LogP contribution is -2.34. The lowest BCUT2D eigenvalue weighted by molar-refractivity contribution is -0.141. The molecule has 106 valence electrons. The van der Waals surface area contributed by atoms with Gasteiger partial charge in [0.2, 0.25) is 0 Å². The summed E-state index contributed by atoms with van der Waals surface area (Å²) in [5, 5.41) is 13.2. The van der Waals surface area contributed by atoms with E-state index in [1.807, 2.05) is 13.8 Å². The molecule has 0 bridgehead atoms. The molecule has 0 aliphatic heterocycles. The standard InChI is InChI=1S/C13H21N3O3/c1-5-10-7-11(16(6-2)14-10)12(17)15(4)8-9(3)13(18)19/h7,9H,5-6,8H2,1-4H3,(H,18,19). The van der Waals surface area contributed by atoms with E-state index in [2.05, 4.69) is 5.10 Å². The van der Waals surface area contributed by atoms with Gasteiger partial charge >= 0.3 is 5.97 Å². The second-order valence-electron chi connectivity index (χ2n) is 4.62. The lowest BCUT2D eigenvalue weighted by atomic mass is 10.1. The first-order valence-electron chi connectivity index (χ1n) is 6.45. The van der Waals surface area contributed by atoms with E-state index in [-0.39, 0.29) is 12.5 Å². The van der Waals surface area contributed by atoms with Crippen molar-refractivity contribution in [3.05, 3.63) is 17.5 Å². The molecule has 1 N–H and O–H groups in total. The van der Waals surface area contributed by atoms with Gasteiger partial charge < -0.3 is 10.0 Å². The number of aliphatic carboxylic acids is 1. The third kappa shape index (κ3) is 3.56. The number of carboxylic acids is 1. The van der Waals surface area contributed by atoms with Gasteiger partial charge in [-0.15, -0.1) is 0 Å². The highest BCUT2D eigenvalue weighted by Gasteiger charge is 2.21. The minimum absolute atomic E-state index is 0.185. The van der Waals surface area contributed by atoms with E-state index < -0.39 is 11.9 Å². The molecular formula is C13H21N3O3. The van der Waals surface area contributed by atoms with Crippen molar-refractivity contribution in [3.63, 3.8) is 0 Å². The summed E-state index contributed by atoms with van der Waals surface area (Å²) in [5.74, 6) is -1.68. The summed E-state index contributed by atoms with van der Waals surface area (Å²) in [6.07, 6.45) is 0.766. The number of aryl methyl sites for hydroxylation is 2. The molecule has 0 saturated carbocycles. The summed E-state index contributed by atoms with van der Waals surface area (Å²) >= 11 is 0. The zero-order chi connectivity index (χ0) is 14.6. The van der Waals surface area contributed by atoms with Crippen LogP contribution in [0.25, 0.3) is 0 Å². The Hall–Kier alpha value is -1.85. The van der Waals surface area contributed by atoms with Crippen LogP contribution in [0, 0.1) is 5.92 Å². The van der Waals surface area contributed by atoms with E-state index in [0.29, 0.717) is 12.2 Å². The summed E-state index contributed by atoms with van der Waals surface area (Å²) in [6, 6.07) is 1.77. The minimum Gasteiger partial charge on any atom is -0.481 e. The molecular weight excluding hydrogens is 246 g/mol. The van der Waals surface area contributed by atoms with Crippen molar-refractivity contribution in [1.29, 1.82) is 0 Å². The van der Waals surface area contributed by atoms with Crippen molar-refractivity contribution in [2.24, 2.45) is 5.92 Å². The summed E-state index contributed by atoms with van der Waals surface area (Å²) < 4.78 is 1.66. The number of amides is 1. The number of rotatable bonds is 6. The quantitative estimate of drug-likeness (QED) is 0.842. The molecule has 1 unspecified atom stereocenters. The van der Waals surface area contributed by atoms with Gasteiger partial charge in [-0.2, -0.15) is 5.10 Å². The number of hydrogen-bond acceptors (Lipinski definition) is 3. The maximum Gasteiger partial charge on any atom is 0.308 e. The van der Waals surface area contributed by atoms with Crippen LogP contribution in [0.5, 0.6) is 0 Å². The molecule has 1 aromatic rings. The predicted molar refractivity (Wildman–Crippen MR) is 71.0 cm³/mol. The normalized spacial score (nSPS) is 12.2. The van der Waals surface area contributed by atoms with Crippen molar-refractivity contribution in [3.8, 4) is 0 Å². The Morgan fingerprint density at radius 1 is 1.47 bits per heavy atom. The molecule has 0 aliphatic rings. The molecule has 1 aromatic heterocycles. The van der Waals surface area contributed by atoms with Gasteiger partial charge in [0.1, 0.15) is 5.69 Å². The topological polar surface area (TPSA) is 75.4 Å². The molecule has 0 radical (unpaired) electrons. The van der Waals surface area contributed by atoms with Crippen LogP contribution in [-0.4, -0.2) is 45.3 Å². The van der Waals surface area contributed by atoms with Crippen LogP contribution in [0.15, 0.2) is 6.07 Å². The SMILES string of the molecule is CCc1cc(C(=O)N(C)CC(C)C(=O)O)n(CC)n1. The van der Waals surface area contributed by atoms with Gasteiger partial charge in [-0.3, -0.25) is 14.3 Å². The predicted octanol–water partition coefficient (Wildman–Crippen LogP) is 1.26. The first-order valence-corrected chi connectivity index (χ1v) is 6.45. The van der Waals surface area contributed by atoms with Gasteiger partial charge in [-0.1, -0.05) is 13.8 Å². The molecule has 1 atom stereocenters. The van der Waals surface area contributed by atoms with Gasteiger partial charge in [0.05, 0.1) is 11.6 Å². The Labute approximate surface area is 113 Å². The zero-order valence-electron chi connectivity index (χ0n) is 11.9. The number of carboxylic acid groups (broad SMARTS) is 1. The van der Waals surface area contributed by atoms with Crippen molar-refractivity contribution < 1.29 is 14.7 Å². The molecule has 6 nitrogen and oxygen atoms in total. The van der Waals surface area contributed by atoms with Crippen molar-refractivity contribution in [1.82, 2.24) is 14.7 Å². The average molecular weight is 267 g/mol. The second-order valence-corrected chi connectivity index (χ2v) is 4.62. The fourth-order valence-electron chi connectivity index (χ4n) is 1.82. The molecule has 1 heterocycles. The third-order valence-corrected chi connectivity index (χ3v) is 3.03. The van der Waals surface area contributed by atoms with Gasteiger partial charge in [0, 0.05) is 20.1 Å². The summed E-state index contributed by atoms with van der Waals surface area (Å²) in [5.41, 5.74) is 1.38. The Morgan fingerprint density at radius 2 is 2.11 bits per heavy atom. The average Bonchev–Trinajstić information content (AvgIpc) is 2.80. The summed E-state index contributed by atoms with van der Waals surface area (Å²) in [7, 11) is 1.61. The van der Waals surface area contributed by atoms with Crippen LogP contribution < -0.4 is 0 Å². The van der Waals surface area contributed by atoms with Crippen molar-refractivity contribution in [2.45, 2.75) is 33.7 Å². The van der Waals surface area contributed by atoms with Crippen molar-refractivity contribution in [2.75, 3.05) is 13.6 Å². The third-order valence-electron chi connectivity index (χ3n) is 3.03. The van der Waals surface area contributed by atoms with Crippen LogP contribution in [-0.2, 0) is 17.8 Å². The minimum atomic E-state index is -0.905. The Kier molecular flexibility index (Phi) is 5.09. The van der Waals surface area contributed by atoms with E-state index in [1.165, 1.54) is 4.90 Å². The van der Waals surface area contributed by atoms with E-state index in [9.17, 15) is 9.59 Å². The van der Waals surface area contributed by atoms with Gasteiger partial charge in [-0.25, -0.2) is 0 Å². The molecule has 0 aromatic carbocycles. The zero-order valence-corrected chi connectivity index (χ0v) is 11.9. The van der Waals surface area contributed by atoms with Crippen LogP contribution in [0.4, 0.5) is 0 Å². The second kappa shape index (κ2) is 6.36. The van der Waals surface area contributed by atoms with Crippen LogP contribution in [0.1, 0.15) is 37.0 Å². The maximum atomic E-state index is 12.3. The first-order chi connectivity index (χ1) is 8.90. The van der Waals surface area contributed by atoms with Crippen molar-refractivity contribution >= 4 is 11.9 Å². The molecule has 0 saturated heterocycles. The van der Waals surface area contributed by atoms with E-state index in [0.717, 1.165) is 12.1 Å². The van der Waals surface area contributed by atoms with Crippen LogP contribution in [0.3, 0.4) is 0 Å². The van der Waals surface area contributed by atoms with Gasteiger partial charge in [-0.05, 0) is 19.4 Å². The fraction of sp³-hybridized carbons (Fsp3) is 0.615. The first kappa shape index (κ1) is 15.2.